The molecule has 1 aliphatic heterocycles. The van der Waals surface area contributed by atoms with Crippen molar-refractivity contribution in [3.63, 3.8) is 0 Å². The van der Waals surface area contributed by atoms with Crippen LogP contribution in [0.5, 0.6) is 5.75 Å². The number of benzene rings is 2. The molecule has 0 spiro atoms. The van der Waals surface area contributed by atoms with Crippen LogP contribution in [0.2, 0.25) is 0 Å². The highest BCUT2D eigenvalue weighted by Crippen LogP contribution is 2.44. The molecule has 6 nitrogen and oxygen atoms in total. The van der Waals surface area contributed by atoms with Gasteiger partial charge in [-0.3, -0.25) is 4.98 Å². The van der Waals surface area contributed by atoms with Gasteiger partial charge in [0.2, 0.25) is 0 Å². The van der Waals surface area contributed by atoms with Gasteiger partial charge in [-0.2, -0.15) is 0 Å². The number of ether oxygens (including phenoxy) is 1. The molecule has 2 unspecified atom stereocenters. The van der Waals surface area contributed by atoms with Crippen molar-refractivity contribution in [1.29, 1.82) is 0 Å². The van der Waals surface area contributed by atoms with E-state index in [1.54, 1.807) is 0 Å². The smallest absolute Gasteiger partial charge is 0.174 e. The van der Waals surface area contributed by atoms with Crippen molar-refractivity contribution in [2.75, 3.05) is 23.9 Å². The number of nitrogens with one attached hydrogen (secondary N) is 1. The summed E-state index contributed by atoms with van der Waals surface area (Å²) in [5.41, 5.74) is 7.86. The van der Waals surface area contributed by atoms with Gasteiger partial charge >= 0.3 is 0 Å². The van der Waals surface area contributed by atoms with Crippen LogP contribution in [-0.2, 0) is 0 Å². The van der Waals surface area contributed by atoms with Crippen molar-refractivity contribution in [3.05, 3.63) is 102 Å². The average molecular weight is 526 g/mol. The van der Waals surface area contributed by atoms with E-state index in [1.165, 1.54) is 22.6 Å². The molecular formula is C31H35N5OS. The fourth-order valence-electron chi connectivity index (χ4n) is 5.29. The predicted molar refractivity (Wildman–Crippen MR) is 160 cm³/mol. The SMILES string of the molecule is Cc1cc(C2C(c3ccccn3)NC(=S)N2c2ccc(OC(C)C)cc2)c(C)n1-c1ccc(N(C)C)cc1. The molecule has 3 heterocycles. The number of nitrogens with zero attached hydrogens (tertiary/aromatic N) is 4. The van der Waals surface area contributed by atoms with E-state index in [-0.39, 0.29) is 18.2 Å². The lowest BCUT2D eigenvalue weighted by molar-refractivity contribution is 0.242. The van der Waals surface area contributed by atoms with Crippen LogP contribution in [-0.4, -0.2) is 34.9 Å². The molecule has 2 atom stereocenters. The highest BCUT2D eigenvalue weighted by Gasteiger charge is 2.42. The predicted octanol–water partition coefficient (Wildman–Crippen LogP) is 6.52. The Bertz CT molecular complexity index is 1410. The first-order chi connectivity index (χ1) is 18.2. The first-order valence-corrected chi connectivity index (χ1v) is 13.4. The Labute approximate surface area is 230 Å². The van der Waals surface area contributed by atoms with Crippen LogP contribution in [0, 0.1) is 13.8 Å². The van der Waals surface area contributed by atoms with E-state index in [2.05, 4.69) is 96.2 Å². The third-order valence-corrected chi connectivity index (χ3v) is 7.31. The van der Waals surface area contributed by atoms with E-state index < -0.39 is 0 Å². The quantitative estimate of drug-likeness (QED) is 0.277. The molecule has 4 aromatic rings. The topological polar surface area (TPSA) is 45.6 Å². The summed E-state index contributed by atoms with van der Waals surface area (Å²) in [6.07, 6.45) is 1.96. The van der Waals surface area contributed by atoms with Gasteiger partial charge in [0.25, 0.3) is 0 Å². The molecule has 0 aliphatic carbocycles. The van der Waals surface area contributed by atoms with E-state index >= 15 is 0 Å². The molecule has 0 bridgehead atoms. The first kappa shape index (κ1) is 25.8. The van der Waals surface area contributed by atoms with Gasteiger partial charge in [0.15, 0.2) is 5.11 Å². The van der Waals surface area contributed by atoms with Crippen molar-refractivity contribution in [3.8, 4) is 11.4 Å². The second-order valence-corrected chi connectivity index (χ2v) is 10.6. The van der Waals surface area contributed by atoms with Crippen LogP contribution in [0.25, 0.3) is 5.69 Å². The zero-order valence-corrected chi connectivity index (χ0v) is 23.7. The van der Waals surface area contributed by atoms with E-state index in [4.69, 9.17) is 21.9 Å². The largest absolute Gasteiger partial charge is 0.491 e. The molecule has 5 rings (SSSR count). The average Bonchev–Trinajstić information content (AvgIpc) is 3.39. The fourth-order valence-corrected chi connectivity index (χ4v) is 5.64. The summed E-state index contributed by atoms with van der Waals surface area (Å²) in [6.45, 7) is 8.42. The number of anilines is 2. The van der Waals surface area contributed by atoms with E-state index in [9.17, 15) is 0 Å². The molecule has 7 heteroatoms. The molecule has 0 amide bonds. The van der Waals surface area contributed by atoms with Gasteiger partial charge in [-0.1, -0.05) is 6.07 Å². The van der Waals surface area contributed by atoms with Crippen molar-refractivity contribution >= 4 is 28.7 Å². The highest BCUT2D eigenvalue weighted by molar-refractivity contribution is 7.80. The van der Waals surface area contributed by atoms with E-state index in [0.717, 1.165) is 22.8 Å². The second-order valence-electron chi connectivity index (χ2n) is 10.2. The van der Waals surface area contributed by atoms with E-state index in [0.29, 0.717) is 5.11 Å². The van der Waals surface area contributed by atoms with Gasteiger partial charge in [0.05, 0.1) is 23.9 Å². The summed E-state index contributed by atoms with van der Waals surface area (Å²) >= 11 is 5.94. The third kappa shape index (κ3) is 4.86. The Morgan fingerprint density at radius 2 is 1.63 bits per heavy atom. The maximum absolute atomic E-state index is 5.94. The molecule has 0 radical (unpaired) electrons. The number of rotatable bonds is 7. The van der Waals surface area contributed by atoms with E-state index in [1.807, 2.05) is 44.3 Å². The van der Waals surface area contributed by atoms with Crippen LogP contribution >= 0.6 is 12.2 Å². The summed E-state index contributed by atoms with van der Waals surface area (Å²) in [5.74, 6) is 0.846. The Morgan fingerprint density at radius 3 is 2.24 bits per heavy atom. The molecule has 38 heavy (non-hydrogen) atoms. The van der Waals surface area contributed by atoms with Crippen molar-refractivity contribution in [2.45, 2.75) is 45.9 Å². The van der Waals surface area contributed by atoms with Gasteiger partial charge in [0.1, 0.15) is 5.75 Å². The molecule has 2 aromatic carbocycles. The number of aryl methyl sites for hydroxylation is 1. The summed E-state index contributed by atoms with van der Waals surface area (Å²) < 4.78 is 8.21. The Morgan fingerprint density at radius 1 is 0.947 bits per heavy atom. The normalized spacial score (nSPS) is 17.1. The maximum atomic E-state index is 5.94. The molecule has 1 saturated heterocycles. The van der Waals surface area contributed by atoms with Crippen molar-refractivity contribution in [1.82, 2.24) is 14.9 Å². The molecule has 2 aromatic heterocycles. The lowest BCUT2D eigenvalue weighted by Crippen LogP contribution is -2.29. The minimum absolute atomic E-state index is 0.0738. The summed E-state index contributed by atoms with van der Waals surface area (Å²) in [6, 6.07) is 25.0. The minimum Gasteiger partial charge on any atom is -0.491 e. The number of hydrogen-bond donors (Lipinski definition) is 1. The lowest BCUT2D eigenvalue weighted by Gasteiger charge is -2.28. The maximum Gasteiger partial charge on any atom is 0.174 e. The molecule has 196 valence electrons. The number of thiocarbonyl (C=S) groups is 1. The first-order valence-electron chi connectivity index (χ1n) is 13.0. The minimum atomic E-state index is -0.0969. The van der Waals surface area contributed by atoms with Crippen molar-refractivity contribution < 1.29 is 4.74 Å². The lowest BCUT2D eigenvalue weighted by atomic mass is 9.96. The number of aromatic nitrogens is 2. The van der Waals surface area contributed by atoms with Crippen molar-refractivity contribution in [2.24, 2.45) is 0 Å². The van der Waals surface area contributed by atoms with Crippen LogP contribution in [0.4, 0.5) is 11.4 Å². The van der Waals surface area contributed by atoms with Gasteiger partial charge in [0, 0.05) is 48.7 Å². The zero-order chi connectivity index (χ0) is 27.0. The Hall–Kier alpha value is -3.84. The number of hydrogen-bond acceptors (Lipinski definition) is 4. The number of pyridine rings is 1. The fraction of sp³-hybridized carbons (Fsp3) is 0.290. The van der Waals surface area contributed by atoms with Crippen LogP contribution < -0.4 is 19.9 Å². The molecule has 0 saturated carbocycles. The molecule has 1 N–H and O–H groups in total. The van der Waals surface area contributed by atoms with Gasteiger partial charge < -0.3 is 24.4 Å². The van der Waals surface area contributed by atoms with Crippen LogP contribution in [0.15, 0.2) is 79.0 Å². The highest BCUT2D eigenvalue weighted by atomic mass is 32.1. The monoisotopic (exact) mass is 525 g/mol. The van der Waals surface area contributed by atoms with Gasteiger partial charge in [-0.05, 0) is 112 Å². The second kappa shape index (κ2) is 10.5. The van der Waals surface area contributed by atoms with Gasteiger partial charge in [-0.25, -0.2) is 0 Å². The molecular weight excluding hydrogens is 490 g/mol. The standard InChI is InChI=1S/C31H35N5OS/c1-20(2)37-26-16-14-25(15-17-26)36-30(29(33-31(36)38)28-9-7-8-18-32-28)27-19-21(3)35(22(27)4)24-12-10-23(11-13-24)34(5)6/h7-20,29-30H,1-6H3,(H,33,38). The van der Waals surface area contributed by atoms with Crippen LogP contribution in [0.3, 0.4) is 0 Å². The Kier molecular flexibility index (Phi) is 7.13. The third-order valence-electron chi connectivity index (χ3n) is 7.00. The molecule has 1 aliphatic rings. The summed E-state index contributed by atoms with van der Waals surface area (Å²) in [5, 5.41) is 4.26. The zero-order valence-electron chi connectivity index (χ0n) is 22.8. The molecule has 1 fully saturated rings. The summed E-state index contributed by atoms with van der Waals surface area (Å²) in [4.78, 5) is 9.04. The van der Waals surface area contributed by atoms with Crippen LogP contribution in [0.1, 0.15) is 48.6 Å². The van der Waals surface area contributed by atoms with Gasteiger partial charge in [-0.15, -0.1) is 0 Å². The Balaban J connectivity index is 1.60. The summed E-state index contributed by atoms with van der Waals surface area (Å²) in [7, 11) is 4.12.